The second kappa shape index (κ2) is 14.5. The summed E-state index contributed by atoms with van der Waals surface area (Å²) in [5.74, 6) is 0.594. The van der Waals surface area contributed by atoms with E-state index in [0.717, 1.165) is 29.7 Å². The van der Waals surface area contributed by atoms with Crippen LogP contribution in [0, 0.1) is 5.92 Å². The van der Waals surface area contributed by atoms with Gasteiger partial charge in [-0.05, 0) is 71.7 Å². The zero-order valence-corrected chi connectivity index (χ0v) is 30.1. The smallest absolute Gasteiger partial charge is 0.304 e. The number of hydrogen-bond donors (Lipinski definition) is 1. The van der Waals surface area contributed by atoms with Crippen LogP contribution in [0.25, 0.3) is 0 Å². The molecule has 0 aromatic heterocycles. The summed E-state index contributed by atoms with van der Waals surface area (Å²) < 4.78 is 17.6. The number of fused-ring (bicyclic) bond motifs is 1. The molecular weight excluding hydrogens is 637 g/mol. The van der Waals surface area contributed by atoms with E-state index in [2.05, 4.69) is 44.3 Å². The number of aliphatic hydroxyl groups is 1. The summed E-state index contributed by atoms with van der Waals surface area (Å²) in [5.41, 5.74) is 4.35. The highest BCUT2D eigenvalue weighted by Gasteiger charge is 2.51. The quantitative estimate of drug-likeness (QED) is 0.173. The highest BCUT2D eigenvalue weighted by atomic mass is 28.3. The van der Waals surface area contributed by atoms with E-state index in [4.69, 9.17) is 14.2 Å². The Kier molecular flexibility index (Phi) is 10.3. The van der Waals surface area contributed by atoms with Crippen LogP contribution in [0.2, 0.25) is 18.6 Å². The van der Waals surface area contributed by atoms with Gasteiger partial charge in [-0.1, -0.05) is 73.7 Å². The summed E-state index contributed by atoms with van der Waals surface area (Å²) in [6.07, 6.45) is 1.87. The molecule has 10 heteroatoms. The Labute approximate surface area is 290 Å². The molecule has 6 atom stereocenters. The van der Waals surface area contributed by atoms with Crippen molar-refractivity contribution in [1.29, 1.82) is 0 Å². The topological polar surface area (TPSA) is 106 Å². The molecule has 0 radical (unpaired) electrons. The molecule has 3 heterocycles. The van der Waals surface area contributed by atoms with Crippen LogP contribution in [-0.2, 0) is 43.2 Å². The number of aryl methyl sites for hydroxylation is 1. The molecule has 2 amide bonds. The molecule has 1 N–H and O–H groups in total. The van der Waals surface area contributed by atoms with Crippen molar-refractivity contribution in [2.45, 2.75) is 95.6 Å². The lowest BCUT2D eigenvalue weighted by molar-refractivity contribution is -0.154. The first-order valence-electron chi connectivity index (χ1n) is 17.4. The molecule has 9 nitrogen and oxygen atoms in total. The van der Waals surface area contributed by atoms with E-state index < -0.39 is 20.3 Å². The summed E-state index contributed by atoms with van der Waals surface area (Å²) in [7, 11) is -0.501. The Balaban J connectivity index is 1.19. The van der Waals surface area contributed by atoms with Crippen molar-refractivity contribution >= 4 is 36.7 Å². The van der Waals surface area contributed by atoms with Gasteiger partial charge in [0.25, 0.3) is 0 Å². The molecule has 2 saturated heterocycles. The number of anilines is 1. The maximum absolute atomic E-state index is 14.1. The van der Waals surface area contributed by atoms with Gasteiger partial charge in [0.15, 0.2) is 6.23 Å². The molecule has 6 rings (SSSR count). The Morgan fingerprint density at radius 1 is 0.959 bits per heavy atom. The minimum Gasteiger partial charge on any atom is -0.497 e. The lowest BCUT2D eigenvalue weighted by Crippen LogP contribution is -2.54. The van der Waals surface area contributed by atoms with Gasteiger partial charge in [-0.3, -0.25) is 19.3 Å². The van der Waals surface area contributed by atoms with E-state index in [0.29, 0.717) is 18.7 Å². The summed E-state index contributed by atoms with van der Waals surface area (Å²) in [4.78, 5) is 41.2. The molecule has 0 saturated carbocycles. The van der Waals surface area contributed by atoms with Crippen molar-refractivity contribution in [3.8, 4) is 5.75 Å². The van der Waals surface area contributed by atoms with E-state index in [-0.39, 0.29) is 61.0 Å². The van der Waals surface area contributed by atoms with Gasteiger partial charge in [-0.25, -0.2) is 0 Å². The van der Waals surface area contributed by atoms with Gasteiger partial charge in [0.2, 0.25) is 11.8 Å². The van der Waals surface area contributed by atoms with Gasteiger partial charge in [0.05, 0.1) is 52.9 Å². The first-order valence-corrected chi connectivity index (χ1v) is 20.4. The highest BCUT2D eigenvalue weighted by molar-refractivity contribution is 6.91. The molecule has 260 valence electrons. The molecule has 0 spiro atoms. The zero-order valence-electron chi connectivity index (χ0n) is 29.1. The van der Waals surface area contributed by atoms with Crippen LogP contribution in [-0.4, -0.2) is 74.1 Å². The van der Waals surface area contributed by atoms with E-state index >= 15 is 0 Å². The molecular formula is C39H48N2O7Si. The standard InChI is InChI=1S/C39H48N2O7Si/c1-25-34(19-12-27-10-13-30(14-11-27)41-37(45)22-38(41)47-26(2)43)48-35(39(25)49(4,5)33-17-15-32(46-3)16-18-33)21-36(44)40-23-29-9-7-6-8-28(29)20-31(40)24-42/h6-11,13-18,25,31,34-35,38-39,42H,12,19-24H2,1-5H3/t25-,31+,34+,35-,38?,39+/m1/s1. The fourth-order valence-corrected chi connectivity index (χ4v) is 12.4. The molecule has 49 heavy (non-hydrogen) atoms. The fraction of sp³-hybridized carbons (Fsp3) is 0.462. The van der Waals surface area contributed by atoms with Gasteiger partial charge in [-0.2, -0.15) is 0 Å². The van der Waals surface area contributed by atoms with Crippen molar-refractivity contribution in [2.24, 2.45) is 5.92 Å². The second-order valence-corrected chi connectivity index (χ2v) is 19.0. The second-order valence-electron chi connectivity index (χ2n) is 14.3. The maximum atomic E-state index is 14.1. The number of aliphatic hydroxyl groups excluding tert-OH is 1. The third-order valence-corrected chi connectivity index (χ3v) is 15.4. The number of rotatable bonds is 11. The number of hydrogen-bond acceptors (Lipinski definition) is 7. The van der Waals surface area contributed by atoms with E-state index in [1.54, 1.807) is 7.11 Å². The minimum absolute atomic E-state index is 0.0270. The lowest BCUT2D eigenvalue weighted by Gasteiger charge is -2.39. The molecule has 1 unspecified atom stereocenters. The van der Waals surface area contributed by atoms with Gasteiger partial charge < -0.3 is 24.2 Å². The number of carbonyl (C=O) groups is 3. The van der Waals surface area contributed by atoms with Crippen LogP contribution < -0.4 is 14.8 Å². The Morgan fingerprint density at radius 2 is 1.65 bits per heavy atom. The Bertz CT molecular complexity index is 1660. The van der Waals surface area contributed by atoms with Crippen molar-refractivity contribution < 1.29 is 33.7 Å². The van der Waals surface area contributed by atoms with E-state index in [1.165, 1.54) is 22.6 Å². The monoisotopic (exact) mass is 684 g/mol. The van der Waals surface area contributed by atoms with Gasteiger partial charge >= 0.3 is 5.97 Å². The van der Waals surface area contributed by atoms with E-state index in [1.807, 2.05) is 53.4 Å². The predicted octanol–water partition coefficient (Wildman–Crippen LogP) is 4.98. The minimum atomic E-state index is -2.17. The van der Waals surface area contributed by atoms with Crippen molar-refractivity contribution in [3.63, 3.8) is 0 Å². The Morgan fingerprint density at radius 3 is 2.29 bits per heavy atom. The lowest BCUT2D eigenvalue weighted by atomic mass is 9.93. The molecule has 3 aromatic carbocycles. The number of β-lactam (4-membered cyclic amide) rings is 1. The van der Waals surface area contributed by atoms with Crippen LogP contribution in [0.1, 0.15) is 49.8 Å². The van der Waals surface area contributed by atoms with Crippen LogP contribution in [0.3, 0.4) is 0 Å². The summed E-state index contributed by atoms with van der Waals surface area (Å²) in [6, 6.07) is 24.1. The van der Waals surface area contributed by atoms with Gasteiger partial charge in [0, 0.05) is 19.2 Å². The Hall–Kier alpha value is -3.99. The number of nitrogens with zero attached hydrogens (tertiary/aromatic N) is 2. The third-order valence-electron chi connectivity index (χ3n) is 11.0. The molecule has 0 bridgehead atoms. The molecule has 0 aliphatic carbocycles. The predicted molar refractivity (Wildman–Crippen MR) is 190 cm³/mol. The van der Waals surface area contributed by atoms with Crippen LogP contribution in [0.5, 0.6) is 5.75 Å². The normalized spacial score (nSPS) is 25.1. The highest BCUT2D eigenvalue weighted by Crippen LogP contribution is 2.47. The fourth-order valence-electron chi connectivity index (χ4n) is 8.29. The number of esters is 1. The average molecular weight is 685 g/mol. The summed E-state index contributed by atoms with van der Waals surface area (Å²) in [5, 5.41) is 11.6. The number of methoxy groups -OCH3 is 1. The first-order chi connectivity index (χ1) is 23.5. The maximum Gasteiger partial charge on any atom is 0.304 e. The average Bonchev–Trinajstić information content (AvgIpc) is 3.41. The summed E-state index contributed by atoms with van der Waals surface area (Å²) >= 11 is 0. The number of carbonyl (C=O) groups excluding carboxylic acids is 3. The third kappa shape index (κ3) is 7.18. The molecule has 3 aliphatic rings. The number of ether oxygens (including phenoxy) is 3. The first kappa shape index (κ1) is 34.9. The van der Waals surface area contributed by atoms with Gasteiger partial charge in [0.1, 0.15) is 5.75 Å². The van der Waals surface area contributed by atoms with Gasteiger partial charge in [-0.15, -0.1) is 0 Å². The zero-order chi connectivity index (χ0) is 34.9. The van der Waals surface area contributed by atoms with Crippen LogP contribution in [0.4, 0.5) is 5.69 Å². The van der Waals surface area contributed by atoms with E-state index in [9.17, 15) is 19.5 Å². The van der Waals surface area contributed by atoms with Crippen molar-refractivity contribution in [3.05, 3.63) is 89.5 Å². The summed E-state index contributed by atoms with van der Waals surface area (Å²) in [6.45, 7) is 8.81. The largest absolute Gasteiger partial charge is 0.497 e. The van der Waals surface area contributed by atoms with Crippen LogP contribution >= 0.6 is 0 Å². The van der Waals surface area contributed by atoms with Crippen molar-refractivity contribution in [2.75, 3.05) is 18.6 Å². The van der Waals surface area contributed by atoms with Crippen molar-refractivity contribution in [1.82, 2.24) is 4.90 Å². The molecule has 3 aromatic rings. The van der Waals surface area contributed by atoms with Crippen LogP contribution in [0.15, 0.2) is 72.8 Å². The molecule has 2 fully saturated rings. The number of amides is 2. The number of benzene rings is 3. The SMILES string of the molecule is COc1ccc([Si](C)(C)[C@H]2[C@H](C)[C@H](CCc3ccc(N4C(=O)CC4OC(C)=O)cc3)O[C@@H]2CC(=O)N2Cc3ccccc3C[C@H]2CO)cc1. The molecule has 3 aliphatic heterocycles.